The van der Waals surface area contributed by atoms with E-state index in [-0.39, 0.29) is 17.8 Å². The first-order chi connectivity index (χ1) is 9.04. The van der Waals surface area contributed by atoms with Gasteiger partial charge in [0.05, 0.1) is 5.75 Å². The van der Waals surface area contributed by atoms with Crippen molar-refractivity contribution in [3.8, 4) is 0 Å². The number of rotatable bonds is 5. The smallest absolute Gasteiger partial charge is 0.173 e. The van der Waals surface area contributed by atoms with Gasteiger partial charge < -0.3 is 5.32 Å². The molecule has 1 aromatic rings. The number of hydrogen-bond acceptors (Lipinski definition) is 3. The summed E-state index contributed by atoms with van der Waals surface area (Å²) in [5.41, 5.74) is 2.54. The monoisotopic (exact) mass is 279 g/mol. The van der Waals surface area contributed by atoms with Gasteiger partial charge in [0, 0.05) is 17.5 Å². The van der Waals surface area contributed by atoms with Crippen LogP contribution in [0.1, 0.15) is 37.4 Å². The highest BCUT2D eigenvalue weighted by atomic mass is 32.2. The maximum Gasteiger partial charge on any atom is 0.173 e. The highest BCUT2D eigenvalue weighted by molar-refractivity contribution is 7.94. The summed E-state index contributed by atoms with van der Waals surface area (Å²) in [6.07, 6.45) is 3.72. The molecule has 1 N–H and O–H groups in total. The molecule has 0 spiro atoms. The van der Waals surface area contributed by atoms with E-state index < -0.39 is 9.84 Å². The summed E-state index contributed by atoms with van der Waals surface area (Å²) in [5.74, 6) is 0.177. The molecular weight excluding hydrogens is 258 g/mol. The van der Waals surface area contributed by atoms with Gasteiger partial charge in [-0.2, -0.15) is 0 Å². The fourth-order valence-electron chi connectivity index (χ4n) is 2.37. The third-order valence-electron chi connectivity index (χ3n) is 3.54. The molecule has 0 saturated heterocycles. The fraction of sp³-hybridized carbons (Fsp3) is 0.467. The number of hydrogen-bond donors (Lipinski definition) is 1. The molecule has 4 heteroatoms. The molecule has 0 aliphatic carbocycles. The van der Waals surface area contributed by atoms with Gasteiger partial charge in [-0.25, -0.2) is 8.42 Å². The maximum atomic E-state index is 11.4. The zero-order chi connectivity index (χ0) is 13.9. The van der Waals surface area contributed by atoms with Gasteiger partial charge in [0.2, 0.25) is 0 Å². The Labute approximate surface area is 115 Å². The van der Waals surface area contributed by atoms with Gasteiger partial charge in [-0.05, 0) is 24.0 Å². The molecular formula is C15H21NO2S. The molecule has 0 aromatic heterocycles. The average molecular weight is 279 g/mol. The van der Waals surface area contributed by atoms with Crippen LogP contribution in [-0.2, 0) is 16.3 Å². The van der Waals surface area contributed by atoms with E-state index in [4.69, 9.17) is 0 Å². The third kappa shape index (κ3) is 3.67. The second kappa shape index (κ2) is 5.88. The zero-order valence-corrected chi connectivity index (χ0v) is 12.3. The highest BCUT2D eigenvalue weighted by Crippen LogP contribution is 2.20. The fourth-order valence-corrected chi connectivity index (χ4v) is 3.62. The van der Waals surface area contributed by atoms with Crippen LogP contribution in [0.3, 0.4) is 0 Å². The maximum absolute atomic E-state index is 11.4. The van der Waals surface area contributed by atoms with Crippen molar-refractivity contribution in [2.75, 3.05) is 5.75 Å². The normalized spacial score (nSPS) is 22.5. The molecule has 3 nitrogen and oxygen atoms in total. The van der Waals surface area contributed by atoms with Crippen LogP contribution in [-0.4, -0.2) is 20.2 Å². The minimum Gasteiger partial charge on any atom is -0.303 e. The summed E-state index contributed by atoms with van der Waals surface area (Å²) in [5, 5.41) is 4.73. The van der Waals surface area contributed by atoms with E-state index in [0.717, 1.165) is 12.8 Å². The summed E-state index contributed by atoms with van der Waals surface area (Å²) >= 11 is 0. The Morgan fingerprint density at radius 1 is 1.26 bits per heavy atom. The van der Waals surface area contributed by atoms with Crippen molar-refractivity contribution >= 4 is 9.84 Å². The van der Waals surface area contributed by atoms with Gasteiger partial charge in [0.25, 0.3) is 0 Å². The van der Waals surface area contributed by atoms with Gasteiger partial charge >= 0.3 is 0 Å². The van der Waals surface area contributed by atoms with Crippen LogP contribution < -0.4 is 5.32 Å². The van der Waals surface area contributed by atoms with E-state index in [1.165, 1.54) is 16.5 Å². The van der Waals surface area contributed by atoms with Gasteiger partial charge in [0.15, 0.2) is 9.84 Å². The van der Waals surface area contributed by atoms with Crippen molar-refractivity contribution in [2.45, 2.75) is 38.8 Å². The number of aryl methyl sites for hydroxylation is 1. The average Bonchev–Trinajstić information content (AvgIpc) is 2.75. The van der Waals surface area contributed by atoms with Crippen LogP contribution in [0.5, 0.6) is 0 Å². The lowest BCUT2D eigenvalue weighted by Crippen LogP contribution is -2.33. The van der Waals surface area contributed by atoms with E-state index >= 15 is 0 Å². The minimum absolute atomic E-state index is 0.0687. The van der Waals surface area contributed by atoms with Crippen LogP contribution in [0.25, 0.3) is 0 Å². The summed E-state index contributed by atoms with van der Waals surface area (Å²) in [6, 6.07) is 8.68. The van der Waals surface area contributed by atoms with Crippen LogP contribution in [0.15, 0.2) is 35.7 Å². The second-order valence-corrected chi connectivity index (χ2v) is 6.92. The van der Waals surface area contributed by atoms with E-state index in [2.05, 4.69) is 43.4 Å². The Balaban J connectivity index is 2.06. The van der Waals surface area contributed by atoms with Crippen molar-refractivity contribution in [3.63, 3.8) is 0 Å². The second-order valence-electron chi connectivity index (χ2n) is 4.99. The molecule has 2 unspecified atom stereocenters. The Morgan fingerprint density at radius 3 is 2.42 bits per heavy atom. The van der Waals surface area contributed by atoms with E-state index in [0.29, 0.717) is 0 Å². The first-order valence-electron chi connectivity index (χ1n) is 6.80. The summed E-state index contributed by atoms with van der Waals surface area (Å²) in [6.45, 7) is 4.25. The van der Waals surface area contributed by atoms with E-state index in [1.54, 1.807) is 6.08 Å². The van der Waals surface area contributed by atoms with Crippen molar-refractivity contribution in [1.29, 1.82) is 0 Å². The molecule has 1 aliphatic rings. The van der Waals surface area contributed by atoms with Gasteiger partial charge in [-0.3, -0.25) is 0 Å². The third-order valence-corrected chi connectivity index (χ3v) is 4.94. The van der Waals surface area contributed by atoms with Gasteiger partial charge in [-0.15, -0.1) is 0 Å². The SMILES string of the molecule is CCc1ccc(C(CC)NC2C=CS(=O)(=O)C2)cc1. The van der Waals surface area contributed by atoms with Crippen molar-refractivity contribution in [2.24, 2.45) is 0 Å². The molecule has 1 aromatic carbocycles. The summed E-state index contributed by atoms with van der Waals surface area (Å²) < 4.78 is 22.8. The molecule has 1 heterocycles. The molecule has 0 bridgehead atoms. The lowest BCUT2D eigenvalue weighted by atomic mass is 10.0. The molecule has 0 fully saturated rings. The summed E-state index contributed by atoms with van der Waals surface area (Å²) in [7, 11) is -2.99. The molecule has 0 radical (unpaired) electrons. The lowest BCUT2D eigenvalue weighted by molar-refractivity contribution is 0.491. The predicted octanol–water partition coefficient (Wildman–Crippen LogP) is 2.60. The molecule has 1 aliphatic heterocycles. The Hall–Kier alpha value is -1.13. The van der Waals surface area contributed by atoms with Gasteiger partial charge in [-0.1, -0.05) is 44.2 Å². The van der Waals surface area contributed by atoms with Gasteiger partial charge in [0.1, 0.15) is 0 Å². The van der Waals surface area contributed by atoms with E-state index in [9.17, 15) is 8.42 Å². The van der Waals surface area contributed by atoms with E-state index in [1.807, 2.05) is 0 Å². The Kier molecular flexibility index (Phi) is 4.42. The highest BCUT2D eigenvalue weighted by Gasteiger charge is 2.23. The van der Waals surface area contributed by atoms with Crippen LogP contribution in [0.4, 0.5) is 0 Å². The van der Waals surface area contributed by atoms with Crippen LogP contribution in [0, 0.1) is 0 Å². The number of sulfone groups is 1. The predicted molar refractivity (Wildman–Crippen MR) is 78.7 cm³/mol. The first kappa shape index (κ1) is 14.3. The van der Waals surface area contributed by atoms with Crippen LogP contribution in [0.2, 0.25) is 0 Å². The molecule has 2 rings (SSSR count). The Morgan fingerprint density at radius 2 is 1.95 bits per heavy atom. The molecule has 0 amide bonds. The zero-order valence-electron chi connectivity index (χ0n) is 11.5. The molecule has 19 heavy (non-hydrogen) atoms. The van der Waals surface area contributed by atoms with Crippen molar-refractivity contribution in [1.82, 2.24) is 5.32 Å². The van der Waals surface area contributed by atoms with Crippen molar-refractivity contribution < 1.29 is 8.42 Å². The first-order valence-corrected chi connectivity index (χ1v) is 8.51. The number of benzene rings is 1. The molecule has 2 atom stereocenters. The lowest BCUT2D eigenvalue weighted by Gasteiger charge is -2.21. The van der Waals surface area contributed by atoms with Crippen LogP contribution >= 0.6 is 0 Å². The largest absolute Gasteiger partial charge is 0.303 e. The minimum atomic E-state index is -2.99. The molecule has 0 saturated carbocycles. The Bertz CT molecular complexity index is 546. The standard InChI is InChI=1S/C15H21NO2S/c1-3-12-5-7-13(8-6-12)15(4-2)16-14-9-10-19(17,18)11-14/h5-10,14-16H,3-4,11H2,1-2H3. The summed E-state index contributed by atoms with van der Waals surface area (Å²) in [4.78, 5) is 0. The quantitative estimate of drug-likeness (QED) is 0.901. The van der Waals surface area contributed by atoms with Crippen molar-refractivity contribution in [3.05, 3.63) is 46.9 Å². The topological polar surface area (TPSA) is 46.2 Å². The number of nitrogens with one attached hydrogen (secondary N) is 1. The molecule has 104 valence electrons.